The van der Waals surface area contributed by atoms with Gasteiger partial charge >= 0.3 is 5.97 Å². The Morgan fingerprint density at radius 2 is 1.92 bits per heavy atom. The number of esters is 1. The van der Waals surface area contributed by atoms with Crippen molar-refractivity contribution in [2.75, 3.05) is 7.11 Å². The lowest BCUT2D eigenvalue weighted by Gasteiger charge is -2.59. The number of hydrogen-bond acceptors (Lipinski definition) is 5. The molecule has 138 valence electrons. The van der Waals surface area contributed by atoms with Gasteiger partial charge in [-0.25, -0.2) is 0 Å². The molecule has 0 heterocycles. The summed E-state index contributed by atoms with van der Waals surface area (Å²) < 4.78 is 4.98. The molecule has 0 amide bonds. The second-order valence-electron chi connectivity index (χ2n) is 8.82. The van der Waals surface area contributed by atoms with Crippen molar-refractivity contribution in [2.45, 2.75) is 47.0 Å². The molecule has 0 aromatic heterocycles. The third-order valence-corrected chi connectivity index (χ3v) is 7.10. The van der Waals surface area contributed by atoms with Gasteiger partial charge in [0.05, 0.1) is 18.6 Å². The second-order valence-corrected chi connectivity index (χ2v) is 8.82. The Balaban J connectivity index is 2.24. The Morgan fingerprint density at radius 1 is 1.27 bits per heavy atom. The number of rotatable bonds is 1. The standard InChI is InChI=1S/C21H25NO4/c1-19(2)15-6-7-20(3)14(18(25)26-5)8-13(23)9-16(20)21(15,4)10-12(11-22)17(19)24/h9-10,14-15H,6-8H2,1-5H3/t14-,15-,20?,21-/m0/s1. The fourth-order valence-corrected chi connectivity index (χ4v) is 5.74. The van der Waals surface area contributed by atoms with Crippen LogP contribution in [-0.4, -0.2) is 24.6 Å². The van der Waals surface area contributed by atoms with E-state index in [0.29, 0.717) is 6.42 Å². The molecule has 0 aromatic rings. The van der Waals surface area contributed by atoms with Crippen LogP contribution in [-0.2, 0) is 19.1 Å². The second kappa shape index (κ2) is 5.64. The average molecular weight is 355 g/mol. The number of hydrogen-bond donors (Lipinski definition) is 0. The van der Waals surface area contributed by atoms with Crippen molar-refractivity contribution in [3.8, 4) is 6.07 Å². The van der Waals surface area contributed by atoms with E-state index < -0.39 is 22.2 Å². The van der Waals surface area contributed by atoms with Crippen LogP contribution in [0.1, 0.15) is 47.0 Å². The zero-order chi connectivity index (χ0) is 19.5. The number of carbonyl (C=O) groups is 3. The number of allylic oxidation sites excluding steroid dienone is 4. The first-order valence-electron chi connectivity index (χ1n) is 9.03. The molecular formula is C21H25NO4. The summed E-state index contributed by atoms with van der Waals surface area (Å²) in [7, 11) is 1.34. The van der Waals surface area contributed by atoms with E-state index in [-0.39, 0.29) is 35.4 Å². The molecule has 0 radical (unpaired) electrons. The van der Waals surface area contributed by atoms with Crippen molar-refractivity contribution in [3.05, 3.63) is 23.3 Å². The number of ketones is 2. The minimum absolute atomic E-state index is 0.0249. The first kappa shape index (κ1) is 18.6. The lowest BCUT2D eigenvalue weighted by molar-refractivity contribution is -0.154. The van der Waals surface area contributed by atoms with Gasteiger partial charge < -0.3 is 4.74 Å². The number of carbonyl (C=O) groups excluding carboxylic acids is 3. The van der Waals surface area contributed by atoms with E-state index in [1.54, 1.807) is 12.2 Å². The Morgan fingerprint density at radius 3 is 2.50 bits per heavy atom. The van der Waals surface area contributed by atoms with Crippen molar-refractivity contribution in [1.29, 1.82) is 5.26 Å². The summed E-state index contributed by atoms with van der Waals surface area (Å²) in [5.74, 6) is -1.17. The van der Waals surface area contributed by atoms with Gasteiger partial charge in [0.1, 0.15) is 6.07 Å². The summed E-state index contributed by atoms with van der Waals surface area (Å²) in [4.78, 5) is 37.6. The van der Waals surface area contributed by atoms with Crippen molar-refractivity contribution in [2.24, 2.45) is 28.1 Å². The fraction of sp³-hybridized carbons (Fsp3) is 0.619. The van der Waals surface area contributed by atoms with E-state index in [4.69, 9.17) is 4.74 Å². The fourth-order valence-electron chi connectivity index (χ4n) is 5.74. The van der Waals surface area contributed by atoms with Gasteiger partial charge in [-0.1, -0.05) is 33.8 Å². The highest BCUT2D eigenvalue weighted by Gasteiger charge is 2.61. The highest BCUT2D eigenvalue weighted by molar-refractivity contribution is 6.04. The Labute approximate surface area is 154 Å². The van der Waals surface area contributed by atoms with Crippen LogP contribution in [0.3, 0.4) is 0 Å². The van der Waals surface area contributed by atoms with Crippen LogP contribution >= 0.6 is 0 Å². The van der Waals surface area contributed by atoms with Gasteiger partial charge in [0, 0.05) is 22.7 Å². The molecule has 0 saturated heterocycles. The topological polar surface area (TPSA) is 84.2 Å². The van der Waals surface area contributed by atoms with E-state index >= 15 is 0 Å². The minimum atomic E-state index is -0.696. The molecule has 0 aromatic carbocycles. The summed E-state index contributed by atoms with van der Waals surface area (Å²) in [5, 5.41) is 9.49. The predicted molar refractivity (Wildman–Crippen MR) is 94.6 cm³/mol. The molecule has 1 fully saturated rings. The normalized spacial score (nSPS) is 38.3. The zero-order valence-electron chi connectivity index (χ0n) is 16.0. The van der Waals surface area contributed by atoms with Crippen molar-refractivity contribution >= 4 is 17.5 Å². The maximum atomic E-state index is 12.7. The Kier molecular flexibility index (Phi) is 4.03. The Bertz CT molecular complexity index is 812. The zero-order valence-corrected chi connectivity index (χ0v) is 16.0. The third-order valence-electron chi connectivity index (χ3n) is 7.10. The van der Waals surface area contributed by atoms with Gasteiger partial charge in [-0.3, -0.25) is 14.4 Å². The number of nitriles is 1. The summed E-state index contributed by atoms with van der Waals surface area (Å²) in [6.07, 6.45) is 4.99. The van der Waals surface area contributed by atoms with Crippen LogP contribution in [0.15, 0.2) is 23.3 Å². The number of fused-ring (bicyclic) bond motifs is 3. The molecule has 5 heteroatoms. The van der Waals surface area contributed by atoms with Gasteiger partial charge in [0.25, 0.3) is 0 Å². The summed E-state index contributed by atoms with van der Waals surface area (Å²) >= 11 is 0. The predicted octanol–water partition coefficient (Wildman–Crippen LogP) is 3.16. The van der Waals surface area contributed by atoms with E-state index in [1.165, 1.54) is 7.11 Å². The number of ether oxygens (including phenoxy) is 1. The van der Waals surface area contributed by atoms with Crippen LogP contribution in [0.4, 0.5) is 0 Å². The van der Waals surface area contributed by atoms with Gasteiger partial charge in [-0.15, -0.1) is 0 Å². The van der Waals surface area contributed by atoms with Crippen molar-refractivity contribution in [3.63, 3.8) is 0 Å². The molecule has 4 atom stereocenters. The molecule has 3 aliphatic carbocycles. The largest absolute Gasteiger partial charge is 0.469 e. The van der Waals surface area contributed by atoms with Crippen molar-refractivity contribution in [1.82, 2.24) is 0 Å². The minimum Gasteiger partial charge on any atom is -0.469 e. The van der Waals surface area contributed by atoms with E-state index in [0.717, 1.165) is 12.0 Å². The molecular weight excluding hydrogens is 330 g/mol. The van der Waals surface area contributed by atoms with Gasteiger partial charge in [0.15, 0.2) is 11.6 Å². The van der Waals surface area contributed by atoms with E-state index in [2.05, 4.69) is 0 Å². The molecule has 1 saturated carbocycles. The Hall–Kier alpha value is -2.22. The number of nitrogens with zero attached hydrogens (tertiary/aromatic N) is 1. The lowest BCUT2D eigenvalue weighted by atomic mass is 9.43. The molecule has 0 N–H and O–H groups in total. The third kappa shape index (κ3) is 2.24. The highest BCUT2D eigenvalue weighted by atomic mass is 16.5. The van der Waals surface area contributed by atoms with Crippen molar-refractivity contribution < 1.29 is 19.1 Å². The van der Waals surface area contributed by atoms with E-state index in [9.17, 15) is 19.6 Å². The van der Waals surface area contributed by atoms with Gasteiger partial charge in [0.2, 0.25) is 0 Å². The molecule has 0 bridgehead atoms. The molecule has 5 nitrogen and oxygen atoms in total. The number of Topliss-reactive ketones (excluding diaryl/α,β-unsaturated/α-hetero) is 1. The smallest absolute Gasteiger partial charge is 0.310 e. The summed E-state index contributed by atoms with van der Waals surface area (Å²) in [5.41, 5.74) is -0.817. The van der Waals surface area contributed by atoms with Gasteiger partial charge in [-0.2, -0.15) is 5.26 Å². The maximum Gasteiger partial charge on any atom is 0.310 e. The van der Waals surface area contributed by atoms with Crippen LogP contribution < -0.4 is 0 Å². The molecule has 26 heavy (non-hydrogen) atoms. The molecule has 0 aliphatic heterocycles. The summed E-state index contributed by atoms with van der Waals surface area (Å²) in [6.45, 7) is 7.78. The monoisotopic (exact) mass is 355 g/mol. The highest BCUT2D eigenvalue weighted by Crippen LogP contribution is 2.65. The molecule has 3 aliphatic rings. The lowest BCUT2D eigenvalue weighted by Crippen LogP contribution is -2.56. The van der Waals surface area contributed by atoms with Crippen LogP contribution in [0.25, 0.3) is 0 Å². The van der Waals surface area contributed by atoms with Crippen LogP contribution in [0.2, 0.25) is 0 Å². The maximum absolute atomic E-state index is 12.7. The SMILES string of the molecule is COC(=O)[C@@H]1CC(=O)C=C2C1(C)CC[C@H]1C(C)(C)C(=O)C(C#N)=C[C@]21C. The van der Waals surface area contributed by atoms with Crippen LogP contribution in [0, 0.1) is 39.4 Å². The average Bonchev–Trinajstić information content (AvgIpc) is 2.58. The first-order chi connectivity index (χ1) is 12.0. The molecule has 1 unspecified atom stereocenters. The summed E-state index contributed by atoms with van der Waals surface area (Å²) in [6, 6.07) is 2.04. The quantitative estimate of drug-likeness (QED) is 0.675. The number of methoxy groups -OCH3 is 1. The van der Waals surface area contributed by atoms with Gasteiger partial charge in [-0.05, 0) is 30.4 Å². The first-order valence-corrected chi connectivity index (χ1v) is 9.03. The van der Waals surface area contributed by atoms with E-state index in [1.807, 2.05) is 33.8 Å². The molecule has 3 rings (SSSR count). The molecule has 0 spiro atoms. The van der Waals surface area contributed by atoms with Crippen LogP contribution in [0.5, 0.6) is 0 Å².